The fourth-order valence-corrected chi connectivity index (χ4v) is 3.50. The maximum atomic E-state index is 13.4. The number of ether oxygens (including phenoxy) is 2. The fraction of sp³-hybridized carbons (Fsp3) is 0.200. The highest BCUT2D eigenvalue weighted by Gasteiger charge is 2.25. The van der Waals surface area contributed by atoms with Crippen LogP contribution in [0.15, 0.2) is 78.9 Å². The van der Waals surface area contributed by atoms with Crippen molar-refractivity contribution in [2.75, 3.05) is 7.11 Å². The Balaban J connectivity index is 1.81. The fourth-order valence-electron chi connectivity index (χ4n) is 3.23. The molecule has 0 heterocycles. The number of Topliss-reactive ketones (excluding diaryl/α,β-unsaturated/α-hetero) is 1. The highest BCUT2D eigenvalue weighted by Crippen LogP contribution is 2.32. The molecule has 0 saturated heterocycles. The Morgan fingerprint density at radius 1 is 0.933 bits per heavy atom. The van der Waals surface area contributed by atoms with E-state index >= 15 is 0 Å². The molecule has 0 N–H and O–H groups in total. The van der Waals surface area contributed by atoms with E-state index in [1.807, 2.05) is 54.6 Å². The summed E-state index contributed by atoms with van der Waals surface area (Å²) < 4.78 is 10.6. The van der Waals surface area contributed by atoms with Gasteiger partial charge in [0.05, 0.1) is 7.11 Å². The van der Waals surface area contributed by atoms with Gasteiger partial charge in [-0.15, -0.1) is 0 Å². The first kappa shape index (κ1) is 21.6. The Bertz CT molecular complexity index is 1000. The molecule has 1 atom stereocenters. The van der Waals surface area contributed by atoms with Crippen molar-refractivity contribution in [3.63, 3.8) is 0 Å². The zero-order valence-electron chi connectivity index (χ0n) is 16.7. The van der Waals surface area contributed by atoms with Gasteiger partial charge in [-0.3, -0.25) is 9.59 Å². The summed E-state index contributed by atoms with van der Waals surface area (Å²) in [5, 5.41) is 0.497. The van der Waals surface area contributed by atoms with Gasteiger partial charge in [-0.2, -0.15) is 0 Å². The maximum absolute atomic E-state index is 13.4. The molecule has 154 valence electrons. The Labute approximate surface area is 181 Å². The van der Waals surface area contributed by atoms with Crippen molar-refractivity contribution < 1.29 is 19.1 Å². The van der Waals surface area contributed by atoms with E-state index in [9.17, 15) is 9.59 Å². The summed E-state index contributed by atoms with van der Waals surface area (Å²) in [6.07, 6.45) is 0.437. The molecule has 0 saturated carbocycles. The third-order valence-electron chi connectivity index (χ3n) is 4.83. The van der Waals surface area contributed by atoms with E-state index in [1.165, 1.54) is 7.11 Å². The van der Waals surface area contributed by atoms with Crippen LogP contribution in [0.3, 0.4) is 0 Å². The van der Waals surface area contributed by atoms with Gasteiger partial charge in [-0.05, 0) is 35.7 Å². The van der Waals surface area contributed by atoms with Gasteiger partial charge in [-0.1, -0.05) is 72.3 Å². The standard InChI is InChI=1S/C25H23ClO4/c1-29-24(27)15-14-22(21-12-5-6-13-23(21)26)25(28)19-10-7-11-20(16-19)30-17-18-8-3-2-4-9-18/h2-13,16,22H,14-15,17H2,1H3. The van der Waals surface area contributed by atoms with Crippen molar-refractivity contribution in [2.45, 2.75) is 25.4 Å². The second kappa shape index (κ2) is 10.6. The van der Waals surface area contributed by atoms with Crippen LogP contribution >= 0.6 is 11.6 Å². The number of hydrogen-bond donors (Lipinski definition) is 0. The SMILES string of the molecule is COC(=O)CCC(C(=O)c1cccc(OCc2ccccc2)c1)c1ccccc1Cl. The summed E-state index contributed by atoms with van der Waals surface area (Å²) in [4.78, 5) is 25.0. The van der Waals surface area contributed by atoms with Gasteiger partial charge in [0.25, 0.3) is 0 Å². The van der Waals surface area contributed by atoms with Gasteiger partial charge >= 0.3 is 5.97 Å². The molecule has 5 heteroatoms. The second-order valence-corrected chi connectivity index (χ2v) is 7.26. The average molecular weight is 423 g/mol. The Hall–Kier alpha value is -3.11. The number of esters is 1. The normalized spacial score (nSPS) is 11.5. The lowest BCUT2D eigenvalue weighted by atomic mass is 9.87. The van der Waals surface area contributed by atoms with Crippen LogP contribution in [0.2, 0.25) is 5.02 Å². The van der Waals surface area contributed by atoms with E-state index in [1.54, 1.807) is 24.3 Å². The summed E-state index contributed by atoms with van der Waals surface area (Å²) in [5.41, 5.74) is 2.25. The maximum Gasteiger partial charge on any atom is 0.305 e. The van der Waals surface area contributed by atoms with Gasteiger partial charge in [-0.25, -0.2) is 0 Å². The third-order valence-corrected chi connectivity index (χ3v) is 5.17. The van der Waals surface area contributed by atoms with Crippen molar-refractivity contribution in [3.8, 4) is 5.75 Å². The zero-order valence-corrected chi connectivity index (χ0v) is 17.5. The van der Waals surface area contributed by atoms with Gasteiger partial charge in [0.2, 0.25) is 0 Å². The van der Waals surface area contributed by atoms with Gasteiger partial charge in [0, 0.05) is 22.9 Å². The number of benzene rings is 3. The van der Waals surface area contributed by atoms with E-state index in [-0.39, 0.29) is 18.2 Å². The minimum atomic E-state index is -0.554. The molecule has 0 fully saturated rings. The largest absolute Gasteiger partial charge is 0.489 e. The molecule has 3 aromatic rings. The summed E-state index contributed by atoms with van der Waals surface area (Å²) in [6.45, 7) is 0.411. The first-order chi connectivity index (χ1) is 14.6. The minimum absolute atomic E-state index is 0.114. The first-order valence-electron chi connectivity index (χ1n) is 9.70. The summed E-state index contributed by atoms with van der Waals surface area (Å²) in [7, 11) is 1.34. The highest BCUT2D eigenvalue weighted by atomic mass is 35.5. The van der Waals surface area contributed by atoms with Crippen molar-refractivity contribution in [1.82, 2.24) is 0 Å². The molecule has 0 aliphatic carbocycles. The highest BCUT2D eigenvalue weighted by molar-refractivity contribution is 6.31. The van der Waals surface area contributed by atoms with Crippen molar-refractivity contribution >= 4 is 23.4 Å². The lowest BCUT2D eigenvalue weighted by molar-refractivity contribution is -0.140. The lowest BCUT2D eigenvalue weighted by Crippen LogP contribution is -2.16. The van der Waals surface area contributed by atoms with Gasteiger partial charge in [0.1, 0.15) is 12.4 Å². The van der Waals surface area contributed by atoms with Gasteiger partial charge < -0.3 is 9.47 Å². The van der Waals surface area contributed by atoms with Crippen LogP contribution in [0.25, 0.3) is 0 Å². The Morgan fingerprint density at radius 2 is 1.67 bits per heavy atom. The quantitative estimate of drug-likeness (QED) is 0.321. The Morgan fingerprint density at radius 3 is 2.40 bits per heavy atom. The number of methoxy groups -OCH3 is 1. The molecular weight excluding hydrogens is 400 g/mol. The summed E-state index contributed by atoms with van der Waals surface area (Å²) >= 11 is 6.36. The average Bonchev–Trinajstić information content (AvgIpc) is 2.79. The van der Waals surface area contributed by atoms with E-state index < -0.39 is 5.92 Å². The number of rotatable bonds is 9. The lowest BCUT2D eigenvalue weighted by Gasteiger charge is -2.18. The predicted octanol–water partition coefficient (Wildman–Crippen LogP) is 5.84. The van der Waals surface area contributed by atoms with Crippen LogP contribution in [0, 0.1) is 0 Å². The first-order valence-corrected chi connectivity index (χ1v) is 10.1. The van der Waals surface area contributed by atoms with E-state index in [2.05, 4.69) is 0 Å². The molecule has 0 radical (unpaired) electrons. The van der Waals surface area contributed by atoms with E-state index in [0.717, 1.165) is 5.56 Å². The number of carbonyl (C=O) groups excluding carboxylic acids is 2. The monoisotopic (exact) mass is 422 g/mol. The number of halogens is 1. The molecule has 1 unspecified atom stereocenters. The number of hydrogen-bond acceptors (Lipinski definition) is 4. The molecule has 30 heavy (non-hydrogen) atoms. The van der Waals surface area contributed by atoms with Crippen LogP contribution in [0.1, 0.15) is 40.2 Å². The van der Waals surface area contributed by atoms with Crippen molar-refractivity contribution in [2.24, 2.45) is 0 Å². The van der Waals surface area contributed by atoms with Crippen molar-refractivity contribution in [3.05, 3.63) is 101 Å². The predicted molar refractivity (Wildman–Crippen MR) is 117 cm³/mol. The van der Waals surface area contributed by atoms with Crippen LogP contribution in [0.5, 0.6) is 5.75 Å². The molecule has 0 aliphatic heterocycles. The van der Waals surface area contributed by atoms with Crippen LogP contribution in [-0.2, 0) is 16.1 Å². The van der Waals surface area contributed by atoms with Crippen molar-refractivity contribution in [1.29, 1.82) is 0 Å². The third kappa shape index (κ3) is 5.71. The number of carbonyl (C=O) groups is 2. The summed E-state index contributed by atoms with van der Waals surface area (Å²) in [5.74, 6) is -0.422. The Kier molecular flexibility index (Phi) is 7.63. The molecule has 4 nitrogen and oxygen atoms in total. The minimum Gasteiger partial charge on any atom is -0.489 e. The van der Waals surface area contributed by atoms with E-state index in [4.69, 9.17) is 21.1 Å². The zero-order chi connectivity index (χ0) is 21.3. The molecule has 3 aromatic carbocycles. The topological polar surface area (TPSA) is 52.6 Å². The molecular formula is C25H23ClO4. The van der Waals surface area contributed by atoms with Gasteiger partial charge in [0.15, 0.2) is 5.78 Å². The van der Waals surface area contributed by atoms with E-state index in [0.29, 0.717) is 34.9 Å². The molecule has 0 spiro atoms. The molecule has 0 aromatic heterocycles. The molecule has 0 bridgehead atoms. The molecule has 0 aliphatic rings. The smallest absolute Gasteiger partial charge is 0.305 e. The molecule has 0 amide bonds. The number of ketones is 1. The van der Waals surface area contributed by atoms with Crippen LogP contribution in [-0.4, -0.2) is 18.9 Å². The van der Waals surface area contributed by atoms with Crippen LogP contribution < -0.4 is 4.74 Å². The molecule has 3 rings (SSSR count). The second-order valence-electron chi connectivity index (χ2n) is 6.86. The van der Waals surface area contributed by atoms with Crippen LogP contribution in [0.4, 0.5) is 0 Å². The summed E-state index contributed by atoms with van der Waals surface area (Å²) in [6, 6.07) is 24.1.